The second-order valence-corrected chi connectivity index (χ2v) is 23.5. The molecule has 4 aliphatic heterocycles. The number of nitrogens with one attached hydrogen (secondary N) is 3. The van der Waals surface area contributed by atoms with E-state index >= 15 is 4.39 Å². The van der Waals surface area contributed by atoms with Gasteiger partial charge >= 0.3 is 5.97 Å². The van der Waals surface area contributed by atoms with Crippen LogP contribution in [0.1, 0.15) is 90.4 Å². The van der Waals surface area contributed by atoms with Gasteiger partial charge < -0.3 is 49.9 Å². The van der Waals surface area contributed by atoms with Gasteiger partial charge in [-0.05, 0) is 91.8 Å². The van der Waals surface area contributed by atoms with Crippen molar-refractivity contribution >= 4 is 102 Å². The predicted molar refractivity (Wildman–Crippen MR) is 336 cm³/mol. The molecule has 470 valence electrons. The number of carboxylic acid groups (broad SMARTS) is 1. The van der Waals surface area contributed by atoms with Crippen LogP contribution in [-0.4, -0.2) is 181 Å². The summed E-state index contributed by atoms with van der Waals surface area (Å²) in [6.45, 7) is 5.18. The second-order valence-electron chi connectivity index (χ2n) is 21.4. The quantitative estimate of drug-likeness (QED) is 0.0106. The van der Waals surface area contributed by atoms with E-state index in [9.17, 15) is 38.7 Å². The number of hydrazone groups is 1. The van der Waals surface area contributed by atoms with Gasteiger partial charge in [-0.2, -0.15) is 5.10 Å². The number of carbonyl (C=O) groups is 7. The molecule has 4 aromatic carbocycles. The number of imide groups is 1. The first kappa shape index (κ1) is 64.0. The van der Waals surface area contributed by atoms with E-state index < -0.39 is 29.6 Å². The number of ether oxygens (including phenoxy) is 4. The fourth-order valence-electron chi connectivity index (χ4n) is 10.7. The number of anilines is 3. The maximum Gasteiger partial charge on any atom is 0.355 e. The number of benzene rings is 4. The van der Waals surface area contributed by atoms with Crippen molar-refractivity contribution in [1.82, 2.24) is 30.0 Å². The molecule has 0 spiro atoms. The van der Waals surface area contributed by atoms with Gasteiger partial charge in [0.25, 0.3) is 11.8 Å². The van der Waals surface area contributed by atoms with Gasteiger partial charge in [0, 0.05) is 104 Å². The van der Waals surface area contributed by atoms with Crippen LogP contribution in [0.5, 0.6) is 5.75 Å². The number of amides is 6. The summed E-state index contributed by atoms with van der Waals surface area (Å²) in [5.41, 5.74) is 5.53. The number of carbonyl (C=O) groups excluding carboxylic acids is 6. The number of piperazine rings is 1. The summed E-state index contributed by atoms with van der Waals surface area (Å²) in [6, 6.07) is 22.1. The van der Waals surface area contributed by atoms with Crippen molar-refractivity contribution in [3.63, 3.8) is 0 Å². The smallest absolute Gasteiger partial charge is 0.355 e. The maximum absolute atomic E-state index is 15.2. The number of aliphatic imine (C=N–C) groups is 1. The molecular formula is C63H67FN12O12S2. The van der Waals surface area contributed by atoms with Crippen LogP contribution in [0.25, 0.3) is 10.2 Å². The minimum absolute atomic E-state index is 0.0342. The van der Waals surface area contributed by atoms with Crippen LogP contribution in [0.2, 0.25) is 0 Å². The molecule has 24 nitrogen and oxygen atoms in total. The van der Waals surface area contributed by atoms with Gasteiger partial charge in [0.1, 0.15) is 18.4 Å². The number of halogens is 1. The SMILES string of the molecule is NN=C(C=NCCCC(=O)N1CCN(CC#Cc2ccc(OCCCc3sc(N4CCc5cccc(C(=O)Nc6nc7ccccc7s6)c5C4)nc3C(=O)O)c(F)c2)CC1)COCCOCCOCC(=O)Nc1cccc2c1CN(C1CCC(=O)NC1=O)C2=O. The molecule has 6 aromatic rings. The fourth-order valence-corrected chi connectivity index (χ4v) is 12.7. The Morgan fingerprint density at radius 3 is 2.43 bits per heavy atom. The standard InChI is InChI=1S/C63H67FN12O12S2/c64-47-34-40(17-19-51(47)88-29-7-15-53-57(61(83)84)70-63(90-53)75-24-21-41-9-3-10-43(45(41)36-75)58(80)71-62-68-49-12-1-2-14-52(49)89-62)8-6-23-73-25-27-74(28-26-73)56(79)16-5-22-66-35-42(72-65)38-86-32-30-85-31-33-87-39-55(78)67-48-13-4-11-44-46(48)37-76(60(44)82)50-18-20-54(77)69-59(50)81/h1-4,9-14,17,19,34-35,50H,5,7,15-16,18,20-33,36-39,65H2,(H,67,78)(H,83,84)(H,68,71,80)(H,69,77,81). The first-order valence-electron chi connectivity index (χ1n) is 29.5. The normalized spacial score (nSPS) is 16.0. The Bertz CT molecular complexity index is 3750. The van der Waals surface area contributed by atoms with Crippen LogP contribution in [0.4, 0.5) is 20.3 Å². The summed E-state index contributed by atoms with van der Waals surface area (Å²) in [4.78, 5) is 110. The molecule has 6 N–H and O–H groups in total. The second kappa shape index (κ2) is 30.9. The molecule has 1 atom stereocenters. The lowest BCUT2D eigenvalue weighted by Gasteiger charge is -2.33. The Hall–Kier alpha value is -9.04. The molecule has 6 amide bonds. The molecule has 27 heteroatoms. The van der Waals surface area contributed by atoms with Crippen LogP contribution < -0.4 is 31.4 Å². The maximum atomic E-state index is 15.2. The number of hydrogen-bond donors (Lipinski definition) is 5. The van der Waals surface area contributed by atoms with Crippen molar-refractivity contribution in [3.8, 4) is 17.6 Å². The van der Waals surface area contributed by atoms with Gasteiger partial charge in [0.15, 0.2) is 27.5 Å². The zero-order valence-electron chi connectivity index (χ0n) is 49.2. The molecule has 1 unspecified atom stereocenters. The summed E-state index contributed by atoms with van der Waals surface area (Å²) in [6.07, 6.45) is 4.19. The van der Waals surface area contributed by atoms with E-state index in [0.29, 0.717) is 133 Å². The highest BCUT2D eigenvalue weighted by Crippen LogP contribution is 2.35. The average molecular weight is 1270 g/mol. The highest BCUT2D eigenvalue weighted by atomic mass is 32.1. The molecule has 90 heavy (non-hydrogen) atoms. The van der Waals surface area contributed by atoms with Crippen molar-refractivity contribution in [2.24, 2.45) is 15.9 Å². The number of thiazole rings is 2. The number of rotatable bonds is 27. The molecule has 4 aliphatic rings. The number of aromatic nitrogens is 2. The van der Waals surface area contributed by atoms with Crippen LogP contribution >= 0.6 is 22.7 Å². The Morgan fingerprint density at radius 2 is 1.64 bits per heavy atom. The zero-order valence-corrected chi connectivity index (χ0v) is 50.8. The van der Waals surface area contributed by atoms with Crippen molar-refractivity contribution < 1.29 is 62.0 Å². The summed E-state index contributed by atoms with van der Waals surface area (Å²) < 4.78 is 38.6. The first-order chi connectivity index (χ1) is 43.8. The molecule has 0 saturated carbocycles. The first-order valence-corrected chi connectivity index (χ1v) is 31.1. The number of aromatic carboxylic acids is 1. The van der Waals surface area contributed by atoms with E-state index in [4.69, 9.17) is 24.8 Å². The van der Waals surface area contributed by atoms with Gasteiger partial charge in [0.2, 0.25) is 23.6 Å². The number of carboxylic acids is 1. The van der Waals surface area contributed by atoms with Crippen LogP contribution in [-0.2, 0) is 59.3 Å². The van der Waals surface area contributed by atoms with Gasteiger partial charge in [-0.15, -0.1) is 11.3 Å². The molecule has 0 bridgehead atoms. The topological polar surface area (TPSA) is 302 Å². The number of piperidine rings is 1. The summed E-state index contributed by atoms with van der Waals surface area (Å²) in [5, 5.41) is 22.9. The number of nitrogens with two attached hydrogens (primary N) is 1. The van der Waals surface area contributed by atoms with E-state index in [-0.39, 0.29) is 101 Å². The summed E-state index contributed by atoms with van der Waals surface area (Å²) in [5.74, 6) is 8.17. The number of aryl methyl sites for hydroxylation is 1. The largest absolute Gasteiger partial charge is 0.491 e. The van der Waals surface area contributed by atoms with Crippen molar-refractivity contribution in [2.45, 2.75) is 64.1 Å². The third-order valence-corrected chi connectivity index (χ3v) is 17.5. The monoisotopic (exact) mass is 1270 g/mol. The van der Waals surface area contributed by atoms with Crippen molar-refractivity contribution in [1.29, 1.82) is 0 Å². The minimum Gasteiger partial charge on any atom is -0.491 e. The van der Waals surface area contributed by atoms with Gasteiger partial charge in [0.05, 0.1) is 56.4 Å². The molecule has 6 heterocycles. The van der Waals surface area contributed by atoms with E-state index in [0.717, 1.165) is 21.3 Å². The molecule has 2 fully saturated rings. The zero-order chi connectivity index (χ0) is 62.9. The lowest BCUT2D eigenvalue weighted by molar-refractivity contribution is -0.137. The van der Waals surface area contributed by atoms with Crippen molar-refractivity contribution in [2.75, 3.05) is 108 Å². The number of para-hydroxylation sites is 1. The predicted octanol–water partition coefficient (Wildman–Crippen LogP) is 5.53. The highest BCUT2D eigenvalue weighted by Gasteiger charge is 2.40. The van der Waals surface area contributed by atoms with Gasteiger partial charge in [-0.3, -0.25) is 49.3 Å². The molecule has 0 aliphatic carbocycles. The average Bonchev–Trinajstić information content (AvgIpc) is 1.70. The number of nitrogens with zero attached hydrogens (tertiary/aromatic N) is 8. The highest BCUT2D eigenvalue weighted by molar-refractivity contribution is 7.22. The summed E-state index contributed by atoms with van der Waals surface area (Å²) in [7, 11) is 0. The van der Waals surface area contributed by atoms with Crippen LogP contribution in [0.3, 0.4) is 0 Å². The third kappa shape index (κ3) is 16.6. The Labute approximate surface area is 525 Å². The molecule has 2 saturated heterocycles. The summed E-state index contributed by atoms with van der Waals surface area (Å²) >= 11 is 2.70. The lowest BCUT2D eigenvalue weighted by Crippen LogP contribution is -2.52. The van der Waals surface area contributed by atoms with Gasteiger partial charge in [-0.1, -0.05) is 53.5 Å². The minimum atomic E-state index is -1.14. The Morgan fingerprint density at radius 1 is 0.844 bits per heavy atom. The van der Waals surface area contributed by atoms with Crippen LogP contribution in [0, 0.1) is 17.7 Å². The molecule has 2 aromatic heterocycles. The number of fused-ring (bicyclic) bond motifs is 3. The molecule has 0 radical (unpaired) electrons. The number of hydrogen-bond acceptors (Lipinski definition) is 20. The lowest BCUT2D eigenvalue weighted by atomic mass is 9.94. The van der Waals surface area contributed by atoms with E-state index in [2.05, 4.69) is 52.8 Å². The molecular weight excluding hydrogens is 1200 g/mol. The van der Waals surface area contributed by atoms with E-state index in [1.807, 2.05) is 46.2 Å². The third-order valence-electron chi connectivity index (χ3n) is 15.4. The van der Waals surface area contributed by atoms with Gasteiger partial charge in [-0.25, -0.2) is 19.2 Å². The Kier molecular flexibility index (Phi) is 22.0. The van der Waals surface area contributed by atoms with E-state index in [1.165, 1.54) is 45.9 Å². The van der Waals surface area contributed by atoms with Crippen molar-refractivity contribution in [3.05, 3.63) is 129 Å². The molecule has 10 rings (SSSR count). The van der Waals surface area contributed by atoms with E-state index in [1.54, 1.807) is 30.3 Å². The van der Waals surface area contributed by atoms with Crippen LogP contribution in [0.15, 0.2) is 89.0 Å². The fraction of sp³-hybridized carbons (Fsp3) is 0.381. The Balaban J connectivity index is 0.558.